The van der Waals surface area contributed by atoms with Crippen molar-refractivity contribution in [2.24, 2.45) is 30.5 Å². The summed E-state index contributed by atoms with van der Waals surface area (Å²) in [5, 5.41) is 3.11. The van der Waals surface area contributed by atoms with Gasteiger partial charge >= 0.3 is 0 Å². The lowest BCUT2D eigenvalue weighted by atomic mass is 9.65. The summed E-state index contributed by atoms with van der Waals surface area (Å²) in [5.74, 6) is 2.26. The molecule has 26 heavy (non-hydrogen) atoms. The topological polar surface area (TPSA) is 72.9 Å². The fraction of sp³-hybridized carbons (Fsp3) is 0.579. The molecule has 2 aliphatic rings. The summed E-state index contributed by atoms with van der Waals surface area (Å²) in [6.45, 7) is 0.488. The number of nitrogens with one attached hydrogen (secondary N) is 1. The Kier molecular flexibility index (Phi) is 6.94. The maximum Gasteiger partial charge on any atom is 0.223 e. The van der Waals surface area contributed by atoms with Crippen LogP contribution in [0.25, 0.3) is 11.0 Å². The summed E-state index contributed by atoms with van der Waals surface area (Å²) in [4.78, 5) is 17.3. The molecule has 0 aliphatic heterocycles. The average Bonchev–Trinajstić information content (AvgIpc) is 2.89. The monoisotopic (exact) mass is 398 g/mol. The first kappa shape index (κ1) is 21.0. The molecule has 2 saturated carbocycles. The molecule has 3 N–H and O–H groups in total. The molecule has 0 spiro atoms. The van der Waals surface area contributed by atoms with Gasteiger partial charge in [0.25, 0.3) is 0 Å². The molecule has 2 aliphatic carbocycles. The van der Waals surface area contributed by atoms with E-state index in [1.807, 2.05) is 25.2 Å². The number of halogens is 2. The summed E-state index contributed by atoms with van der Waals surface area (Å²) >= 11 is 0. The molecule has 2 fully saturated rings. The zero-order chi connectivity index (χ0) is 16.7. The molecule has 1 amide bonds. The van der Waals surface area contributed by atoms with Crippen LogP contribution in [0.1, 0.15) is 37.9 Å². The van der Waals surface area contributed by atoms with E-state index in [1.165, 1.54) is 19.3 Å². The number of imidazole rings is 1. The number of nitrogens with zero attached hydrogens (tertiary/aromatic N) is 2. The highest BCUT2D eigenvalue weighted by Crippen LogP contribution is 2.41. The number of nitrogens with two attached hydrogens (primary N) is 1. The smallest absolute Gasteiger partial charge is 0.223 e. The van der Waals surface area contributed by atoms with E-state index in [2.05, 4.69) is 20.9 Å². The average molecular weight is 399 g/mol. The van der Waals surface area contributed by atoms with Crippen LogP contribution in [0, 0.1) is 17.8 Å². The Balaban J connectivity index is 0.00000121. The van der Waals surface area contributed by atoms with Crippen LogP contribution in [0.3, 0.4) is 0 Å². The Morgan fingerprint density at radius 2 is 1.88 bits per heavy atom. The van der Waals surface area contributed by atoms with Crippen molar-refractivity contribution in [3.63, 3.8) is 0 Å². The molecule has 7 heteroatoms. The summed E-state index contributed by atoms with van der Waals surface area (Å²) in [7, 11) is 2.00. The Morgan fingerprint density at radius 3 is 2.54 bits per heavy atom. The number of benzene rings is 1. The number of hydrogen-bond donors (Lipinski definition) is 2. The van der Waals surface area contributed by atoms with Crippen molar-refractivity contribution in [3.8, 4) is 0 Å². The van der Waals surface area contributed by atoms with Gasteiger partial charge in [0.15, 0.2) is 0 Å². The standard InChI is InChI=1S/C19H26N4O.2ClH/c1-23-16-8-3-2-7-15(16)22-17(23)11-21-19(24)14-9-12-5-4-6-13(10-14)18(12)20;;/h2-3,7-8,12-14,18H,4-6,9-11,20H2,1H3,(H,21,24);2*1H. The number of carbonyl (C=O) groups excluding carboxylic acids is 1. The summed E-state index contributed by atoms with van der Waals surface area (Å²) in [6, 6.07) is 8.36. The molecule has 1 heterocycles. The number of rotatable bonds is 3. The lowest BCUT2D eigenvalue weighted by Gasteiger charge is -2.43. The van der Waals surface area contributed by atoms with Gasteiger partial charge in [-0.15, -0.1) is 24.8 Å². The van der Waals surface area contributed by atoms with E-state index in [-0.39, 0.29) is 36.6 Å². The van der Waals surface area contributed by atoms with Gasteiger partial charge in [0.1, 0.15) is 5.82 Å². The molecule has 144 valence electrons. The quantitative estimate of drug-likeness (QED) is 0.833. The van der Waals surface area contributed by atoms with Gasteiger partial charge in [0, 0.05) is 19.0 Å². The van der Waals surface area contributed by atoms with Gasteiger partial charge in [-0.05, 0) is 49.7 Å². The fourth-order valence-corrected chi connectivity index (χ4v) is 4.67. The first-order valence-electron chi connectivity index (χ1n) is 9.07. The van der Waals surface area contributed by atoms with Gasteiger partial charge < -0.3 is 15.6 Å². The van der Waals surface area contributed by atoms with Gasteiger partial charge in [-0.2, -0.15) is 0 Å². The van der Waals surface area contributed by atoms with Crippen LogP contribution in [0.2, 0.25) is 0 Å². The Hall–Kier alpha value is -1.30. The number of hydrogen-bond acceptors (Lipinski definition) is 3. The normalized spacial score (nSPS) is 27.3. The van der Waals surface area contributed by atoms with Crippen molar-refractivity contribution in [2.75, 3.05) is 0 Å². The number of aromatic nitrogens is 2. The van der Waals surface area contributed by atoms with Crippen LogP contribution in [0.15, 0.2) is 24.3 Å². The van der Waals surface area contributed by atoms with Gasteiger partial charge in [-0.1, -0.05) is 18.6 Å². The van der Waals surface area contributed by atoms with Crippen molar-refractivity contribution >= 4 is 41.8 Å². The second-order valence-electron chi connectivity index (χ2n) is 7.49. The molecular formula is C19H28Cl2N4O. The van der Waals surface area contributed by atoms with Crippen LogP contribution in [-0.4, -0.2) is 21.5 Å². The first-order chi connectivity index (χ1) is 11.6. The van der Waals surface area contributed by atoms with E-state index in [0.717, 1.165) is 29.7 Å². The number of carbonyl (C=O) groups is 1. The molecule has 1 aromatic heterocycles. The predicted octanol–water partition coefficient (Wildman–Crippen LogP) is 3.19. The number of aryl methyl sites for hydroxylation is 1. The van der Waals surface area contributed by atoms with E-state index >= 15 is 0 Å². The van der Waals surface area contributed by atoms with E-state index in [0.29, 0.717) is 24.4 Å². The Labute approximate surface area is 166 Å². The fourth-order valence-electron chi connectivity index (χ4n) is 4.67. The minimum absolute atomic E-state index is 0. The minimum atomic E-state index is 0. The Morgan fingerprint density at radius 1 is 1.23 bits per heavy atom. The zero-order valence-corrected chi connectivity index (χ0v) is 16.7. The van der Waals surface area contributed by atoms with Gasteiger partial charge in [0.05, 0.1) is 17.6 Å². The van der Waals surface area contributed by atoms with Crippen LogP contribution < -0.4 is 11.1 Å². The lowest BCUT2D eigenvalue weighted by molar-refractivity contribution is -0.128. The minimum Gasteiger partial charge on any atom is -0.349 e. The third kappa shape index (κ3) is 3.85. The second-order valence-corrected chi connectivity index (χ2v) is 7.49. The highest BCUT2D eigenvalue weighted by Gasteiger charge is 2.40. The summed E-state index contributed by atoms with van der Waals surface area (Å²) < 4.78 is 2.06. The molecule has 2 bridgehead atoms. The van der Waals surface area contributed by atoms with Gasteiger partial charge in [-0.3, -0.25) is 4.79 Å². The van der Waals surface area contributed by atoms with Crippen molar-refractivity contribution in [2.45, 2.75) is 44.7 Å². The van der Waals surface area contributed by atoms with E-state index in [4.69, 9.17) is 5.73 Å². The molecule has 5 nitrogen and oxygen atoms in total. The largest absolute Gasteiger partial charge is 0.349 e. The predicted molar refractivity (Wildman–Crippen MR) is 109 cm³/mol. The van der Waals surface area contributed by atoms with E-state index < -0.39 is 0 Å². The van der Waals surface area contributed by atoms with Crippen molar-refractivity contribution in [3.05, 3.63) is 30.1 Å². The van der Waals surface area contributed by atoms with E-state index in [1.54, 1.807) is 0 Å². The lowest BCUT2D eigenvalue weighted by Crippen LogP contribution is -2.49. The van der Waals surface area contributed by atoms with Crippen LogP contribution in [0.5, 0.6) is 0 Å². The van der Waals surface area contributed by atoms with Crippen molar-refractivity contribution in [1.29, 1.82) is 0 Å². The Bertz CT molecular complexity index is 749. The highest BCUT2D eigenvalue weighted by molar-refractivity contribution is 5.85. The molecule has 4 rings (SSSR count). The molecule has 0 radical (unpaired) electrons. The first-order valence-corrected chi connectivity index (χ1v) is 9.07. The molecule has 2 atom stereocenters. The summed E-state index contributed by atoms with van der Waals surface area (Å²) in [6.07, 6.45) is 5.55. The molecule has 1 aromatic carbocycles. The van der Waals surface area contributed by atoms with Crippen molar-refractivity contribution < 1.29 is 4.79 Å². The number of amides is 1. The maximum absolute atomic E-state index is 12.6. The number of fused-ring (bicyclic) bond motifs is 3. The number of para-hydroxylation sites is 2. The maximum atomic E-state index is 12.6. The van der Waals surface area contributed by atoms with Gasteiger partial charge in [-0.25, -0.2) is 4.98 Å². The van der Waals surface area contributed by atoms with E-state index in [9.17, 15) is 4.79 Å². The zero-order valence-electron chi connectivity index (χ0n) is 15.1. The summed E-state index contributed by atoms with van der Waals surface area (Å²) in [5.41, 5.74) is 8.40. The van der Waals surface area contributed by atoms with Crippen LogP contribution in [0.4, 0.5) is 0 Å². The second kappa shape index (κ2) is 8.59. The van der Waals surface area contributed by atoms with Crippen molar-refractivity contribution in [1.82, 2.24) is 14.9 Å². The molecule has 2 aromatic rings. The SMILES string of the molecule is Cl.Cl.Cn1c(CNC(=O)C2CC3CCCC(C2)C3N)nc2ccccc21. The molecule has 2 unspecified atom stereocenters. The highest BCUT2D eigenvalue weighted by atomic mass is 35.5. The molecule has 0 saturated heterocycles. The van der Waals surface area contributed by atoms with Crippen LogP contribution >= 0.6 is 24.8 Å². The van der Waals surface area contributed by atoms with Gasteiger partial charge in [0.2, 0.25) is 5.91 Å². The van der Waals surface area contributed by atoms with Crippen LogP contribution in [-0.2, 0) is 18.4 Å². The molecular weight excluding hydrogens is 371 g/mol. The third-order valence-corrected chi connectivity index (χ3v) is 6.08. The third-order valence-electron chi connectivity index (χ3n) is 6.08.